The molecule has 1 aliphatic rings. The first-order chi connectivity index (χ1) is 8.27. The van der Waals surface area contributed by atoms with Crippen LogP contribution in [0.3, 0.4) is 0 Å². The van der Waals surface area contributed by atoms with Crippen molar-refractivity contribution >= 4 is 23.7 Å². The fourth-order valence-electron chi connectivity index (χ4n) is 1.48. The summed E-state index contributed by atoms with van der Waals surface area (Å²) in [5, 5.41) is 0. The molecule has 1 heterocycles. The number of anilines is 1. The molecule has 0 fully saturated rings. The van der Waals surface area contributed by atoms with Crippen LogP contribution in [-0.2, 0) is 5.75 Å². The van der Waals surface area contributed by atoms with Gasteiger partial charge in [-0.3, -0.25) is 4.99 Å². The summed E-state index contributed by atoms with van der Waals surface area (Å²) in [4.78, 5) is 5.17. The van der Waals surface area contributed by atoms with E-state index in [0.29, 0.717) is 0 Å². The molecule has 0 radical (unpaired) electrons. The number of allylic oxidation sites excluding steroid dienone is 1. The summed E-state index contributed by atoms with van der Waals surface area (Å²) in [5.74, 6) is 0.808. The van der Waals surface area contributed by atoms with E-state index in [4.69, 9.17) is 11.5 Å². The third-order valence-corrected chi connectivity index (χ3v) is 3.57. The SMILES string of the molecule is NC1=CCC=NC=C1SCc1ccccc1N. The second kappa shape index (κ2) is 5.59. The highest BCUT2D eigenvalue weighted by Crippen LogP contribution is 2.28. The van der Waals surface area contributed by atoms with Crippen molar-refractivity contribution in [1.82, 2.24) is 0 Å². The van der Waals surface area contributed by atoms with Crippen molar-refractivity contribution in [2.75, 3.05) is 5.73 Å². The summed E-state index contributed by atoms with van der Waals surface area (Å²) in [7, 11) is 0. The molecule has 0 amide bonds. The number of rotatable bonds is 3. The molecule has 0 aromatic heterocycles. The molecule has 3 nitrogen and oxygen atoms in total. The summed E-state index contributed by atoms with van der Waals surface area (Å²) in [5.41, 5.74) is 14.6. The minimum absolute atomic E-state index is 0.792. The third kappa shape index (κ3) is 3.14. The second-order valence-electron chi connectivity index (χ2n) is 3.71. The van der Waals surface area contributed by atoms with Gasteiger partial charge in [0.05, 0.1) is 0 Å². The van der Waals surface area contributed by atoms with Crippen LogP contribution in [0, 0.1) is 0 Å². The van der Waals surface area contributed by atoms with Crippen molar-refractivity contribution in [2.24, 2.45) is 10.7 Å². The zero-order chi connectivity index (χ0) is 12.1. The summed E-state index contributed by atoms with van der Waals surface area (Å²) >= 11 is 1.66. The molecule has 1 aromatic carbocycles. The number of hydrogen-bond donors (Lipinski definition) is 2. The van der Waals surface area contributed by atoms with Gasteiger partial charge in [-0.15, -0.1) is 11.8 Å². The molecule has 2 rings (SSSR count). The largest absolute Gasteiger partial charge is 0.398 e. The molecule has 1 aromatic rings. The Bertz CT molecular complexity index is 489. The van der Waals surface area contributed by atoms with Gasteiger partial charge in [-0.05, 0) is 11.6 Å². The van der Waals surface area contributed by atoms with Crippen LogP contribution in [0.15, 0.2) is 52.1 Å². The lowest BCUT2D eigenvalue weighted by Gasteiger charge is -2.07. The van der Waals surface area contributed by atoms with Crippen molar-refractivity contribution in [1.29, 1.82) is 0 Å². The Kier molecular flexibility index (Phi) is 3.88. The maximum atomic E-state index is 5.94. The van der Waals surface area contributed by atoms with Crippen LogP contribution in [0.2, 0.25) is 0 Å². The van der Waals surface area contributed by atoms with Gasteiger partial charge in [0.15, 0.2) is 0 Å². The van der Waals surface area contributed by atoms with Gasteiger partial charge in [-0.1, -0.05) is 24.3 Å². The minimum Gasteiger partial charge on any atom is -0.398 e. The molecule has 4 N–H and O–H groups in total. The van der Waals surface area contributed by atoms with Gasteiger partial charge in [-0.25, -0.2) is 0 Å². The number of aliphatic imine (C=N–C) groups is 1. The van der Waals surface area contributed by atoms with Crippen LogP contribution >= 0.6 is 11.8 Å². The molecule has 4 heteroatoms. The Morgan fingerprint density at radius 3 is 2.88 bits per heavy atom. The van der Waals surface area contributed by atoms with Crippen LogP contribution in [0.5, 0.6) is 0 Å². The molecule has 17 heavy (non-hydrogen) atoms. The van der Waals surface area contributed by atoms with E-state index in [1.165, 1.54) is 0 Å². The molecule has 0 saturated carbocycles. The average molecular weight is 245 g/mol. The molecule has 0 aliphatic carbocycles. The summed E-state index contributed by atoms with van der Waals surface area (Å²) < 4.78 is 0. The van der Waals surface area contributed by atoms with Crippen molar-refractivity contribution in [3.8, 4) is 0 Å². The lowest BCUT2D eigenvalue weighted by molar-refractivity contribution is 1.34. The molecular weight excluding hydrogens is 230 g/mol. The Hall–Kier alpha value is -1.68. The van der Waals surface area contributed by atoms with Crippen molar-refractivity contribution in [2.45, 2.75) is 12.2 Å². The molecule has 1 aliphatic heterocycles. The van der Waals surface area contributed by atoms with Gasteiger partial charge in [-0.2, -0.15) is 0 Å². The summed E-state index contributed by atoms with van der Waals surface area (Å²) in [6, 6.07) is 7.87. The van der Waals surface area contributed by atoms with Gasteiger partial charge < -0.3 is 11.5 Å². The second-order valence-corrected chi connectivity index (χ2v) is 4.72. The first-order valence-corrected chi connectivity index (χ1v) is 6.40. The van der Waals surface area contributed by atoms with E-state index >= 15 is 0 Å². The van der Waals surface area contributed by atoms with Gasteiger partial charge in [0.1, 0.15) is 0 Å². The Balaban J connectivity index is 2.05. The number of thioether (sulfide) groups is 1. The summed E-state index contributed by atoms with van der Waals surface area (Å²) in [6.45, 7) is 0. The normalized spacial score (nSPS) is 15.1. The fourth-order valence-corrected chi connectivity index (χ4v) is 2.44. The monoisotopic (exact) mass is 245 g/mol. The average Bonchev–Trinajstić information content (AvgIpc) is 2.53. The Morgan fingerprint density at radius 2 is 2.06 bits per heavy atom. The zero-order valence-electron chi connectivity index (χ0n) is 9.47. The predicted molar refractivity (Wildman–Crippen MR) is 75.6 cm³/mol. The van der Waals surface area contributed by atoms with E-state index in [-0.39, 0.29) is 0 Å². The van der Waals surface area contributed by atoms with Crippen LogP contribution < -0.4 is 11.5 Å². The van der Waals surface area contributed by atoms with Crippen molar-refractivity contribution in [3.63, 3.8) is 0 Å². The number of nitrogen functional groups attached to an aromatic ring is 1. The molecule has 88 valence electrons. The smallest absolute Gasteiger partial charge is 0.0485 e. The molecule has 0 atom stereocenters. The topological polar surface area (TPSA) is 64.4 Å². The fraction of sp³-hybridized carbons (Fsp3) is 0.154. The minimum atomic E-state index is 0.792. The first-order valence-electron chi connectivity index (χ1n) is 5.41. The van der Waals surface area contributed by atoms with Crippen molar-refractivity contribution < 1.29 is 0 Å². The van der Waals surface area contributed by atoms with Crippen LogP contribution in [0.1, 0.15) is 12.0 Å². The standard InChI is InChI=1S/C13H15N3S/c14-11-5-2-1-4-10(11)9-17-13-8-16-7-3-6-12(13)15/h1-2,4-8H,3,9,14-15H2. The van der Waals surface area contributed by atoms with Crippen LogP contribution in [0.4, 0.5) is 5.69 Å². The zero-order valence-corrected chi connectivity index (χ0v) is 10.3. The van der Waals surface area contributed by atoms with E-state index in [1.54, 1.807) is 11.8 Å². The highest BCUT2D eigenvalue weighted by atomic mass is 32.2. The van der Waals surface area contributed by atoms with E-state index in [2.05, 4.69) is 4.99 Å². The van der Waals surface area contributed by atoms with E-state index in [1.807, 2.05) is 42.8 Å². The number of para-hydroxylation sites is 1. The number of benzene rings is 1. The van der Waals surface area contributed by atoms with Gasteiger partial charge in [0.2, 0.25) is 0 Å². The van der Waals surface area contributed by atoms with E-state index < -0.39 is 0 Å². The molecule has 0 unspecified atom stereocenters. The summed E-state index contributed by atoms with van der Waals surface area (Å²) in [6.07, 6.45) is 6.42. The van der Waals surface area contributed by atoms with Gasteiger partial charge in [0.25, 0.3) is 0 Å². The Morgan fingerprint density at radius 1 is 1.24 bits per heavy atom. The highest BCUT2D eigenvalue weighted by molar-refractivity contribution is 8.02. The predicted octanol–water partition coefficient (Wildman–Crippen LogP) is 2.66. The first kappa shape index (κ1) is 11.8. The third-order valence-electron chi connectivity index (χ3n) is 2.46. The lowest BCUT2D eigenvalue weighted by Crippen LogP contribution is -1.99. The maximum absolute atomic E-state index is 5.94. The van der Waals surface area contributed by atoms with Gasteiger partial charge in [0, 0.05) is 40.9 Å². The molecule has 0 saturated heterocycles. The van der Waals surface area contributed by atoms with Crippen molar-refractivity contribution in [3.05, 3.63) is 52.7 Å². The number of nitrogens with two attached hydrogens (primary N) is 2. The quantitative estimate of drug-likeness (QED) is 0.805. The number of hydrogen-bond acceptors (Lipinski definition) is 4. The lowest BCUT2D eigenvalue weighted by atomic mass is 10.2. The van der Waals surface area contributed by atoms with Crippen LogP contribution in [-0.4, -0.2) is 6.21 Å². The van der Waals surface area contributed by atoms with E-state index in [9.17, 15) is 0 Å². The molecule has 0 bridgehead atoms. The van der Waals surface area contributed by atoms with Crippen LogP contribution in [0.25, 0.3) is 0 Å². The molecule has 0 spiro atoms. The Labute approximate surface area is 105 Å². The molecular formula is C13H15N3S. The highest BCUT2D eigenvalue weighted by Gasteiger charge is 2.05. The maximum Gasteiger partial charge on any atom is 0.0485 e. The van der Waals surface area contributed by atoms with Gasteiger partial charge >= 0.3 is 0 Å². The van der Waals surface area contributed by atoms with E-state index in [0.717, 1.165) is 34.0 Å². The number of nitrogens with zero attached hydrogens (tertiary/aromatic N) is 1.